The molecule has 0 aromatic heterocycles. The molecule has 1 amide bonds. The van der Waals surface area contributed by atoms with Crippen LogP contribution in [0.15, 0.2) is 34.7 Å². The first-order valence-corrected chi connectivity index (χ1v) is 8.30. The number of hydrogen-bond acceptors (Lipinski definition) is 4. The molecular weight excluding hydrogens is 270 g/mol. The van der Waals surface area contributed by atoms with Crippen molar-refractivity contribution < 1.29 is 4.79 Å². The third kappa shape index (κ3) is 2.00. The van der Waals surface area contributed by atoms with Crippen molar-refractivity contribution in [3.05, 3.63) is 34.7 Å². The molecule has 5 heterocycles. The standard InChI is InChI=1S/C15H19N3OS/c19-10-16-13-9-20-15-8-18(6-3-12(13)15)14-7-17-4-1-11(14)2-5-17/h3,6,8,10-11,14H,1-2,4-5,7,9H2,(H,16,19)/t14-/m0/s1. The second kappa shape index (κ2) is 4.97. The van der Waals surface area contributed by atoms with Gasteiger partial charge >= 0.3 is 0 Å². The lowest BCUT2D eigenvalue weighted by Crippen LogP contribution is -2.55. The van der Waals surface area contributed by atoms with E-state index in [0.29, 0.717) is 6.04 Å². The molecule has 5 aliphatic heterocycles. The molecule has 0 saturated carbocycles. The van der Waals surface area contributed by atoms with E-state index < -0.39 is 0 Å². The van der Waals surface area contributed by atoms with Gasteiger partial charge in [0.1, 0.15) is 0 Å². The lowest BCUT2D eigenvalue weighted by molar-refractivity contribution is -0.108. The molecule has 0 aromatic carbocycles. The number of amides is 1. The maximum atomic E-state index is 10.6. The molecule has 2 bridgehead atoms. The second-order valence-electron chi connectivity index (χ2n) is 5.90. The quantitative estimate of drug-likeness (QED) is 0.799. The van der Waals surface area contributed by atoms with E-state index in [1.54, 1.807) is 0 Å². The molecule has 4 nitrogen and oxygen atoms in total. The van der Waals surface area contributed by atoms with Gasteiger partial charge in [0.15, 0.2) is 0 Å². The van der Waals surface area contributed by atoms with Gasteiger partial charge in [-0.25, -0.2) is 0 Å². The molecule has 106 valence electrons. The van der Waals surface area contributed by atoms with Crippen molar-refractivity contribution in [1.29, 1.82) is 0 Å². The van der Waals surface area contributed by atoms with E-state index in [-0.39, 0.29) is 0 Å². The van der Waals surface area contributed by atoms with Crippen LogP contribution >= 0.6 is 11.8 Å². The van der Waals surface area contributed by atoms with Crippen molar-refractivity contribution in [2.75, 3.05) is 25.4 Å². The van der Waals surface area contributed by atoms with Gasteiger partial charge in [-0.1, -0.05) is 0 Å². The third-order valence-electron chi connectivity index (χ3n) is 4.88. The predicted octanol–water partition coefficient (Wildman–Crippen LogP) is 1.50. The summed E-state index contributed by atoms with van der Waals surface area (Å²) in [6, 6.07) is 0.631. The van der Waals surface area contributed by atoms with Crippen molar-refractivity contribution >= 4 is 18.2 Å². The van der Waals surface area contributed by atoms with E-state index in [4.69, 9.17) is 0 Å². The minimum atomic E-state index is 0.631. The molecule has 1 atom stereocenters. The number of nitrogens with one attached hydrogen (secondary N) is 1. The summed E-state index contributed by atoms with van der Waals surface area (Å²) in [4.78, 5) is 16.9. The van der Waals surface area contributed by atoms with Gasteiger partial charge in [0, 0.05) is 46.9 Å². The van der Waals surface area contributed by atoms with Crippen LogP contribution in [0.4, 0.5) is 0 Å². The van der Waals surface area contributed by atoms with Crippen LogP contribution in [0.1, 0.15) is 12.8 Å². The highest BCUT2D eigenvalue weighted by molar-refractivity contribution is 8.03. The Morgan fingerprint density at radius 3 is 2.90 bits per heavy atom. The van der Waals surface area contributed by atoms with E-state index in [0.717, 1.165) is 23.8 Å². The van der Waals surface area contributed by atoms with Crippen LogP contribution in [-0.4, -0.2) is 47.6 Å². The summed E-state index contributed by atoms with van der Waals surface area (Å²) in [6.45, 7) is 3.76. The number of rotatable bonds is 3. The van der Waals surface area contributed by atoms with Gasteiger partial charge in [0.05, 0.1) is 0 Å². The fourth-order valence-corrected chi connectivity index (χ4v) is 4.83. The third-order valence-corrected chi connectivity index (χ3v) is 5.95. The first-order chi connectivity index (χ1) is 9.85. The Morgan fingerprint density at radius 1 is 1.35 bits per heavy atom. The van der Waals surface area contributed by atoms with Crippen molar-refractivity contribution in [2.24, 2.45) is 5.92 Å². The molecule has 5 heteroatoms. The smallest absolute Gasteiger partial charge is 0.211 e. The van der Waals surface area contributed by atoms with Crippen LogP contribution in [0.5, 0.6) is 0 Å². The summed E-state index contributed by atoms with van der Waals surface area (Å²) >= 11 is 1.82. The predicted molar refractivity (Wildman–Crippen MR) is 80.7 cm³/mol. The lowest BCUT2D eigenvalue weighted by Gasteiger charge is -2.48. The number of nitrogens with zero attached hydrogens (tertiary/aromatic N) is 2. The fraction of sp³-hybridized carbons (Fsp3) is 0.533. The Morgan fingerprint density at radius 2 is 2.20 bits per heavy atom. The van der Waals surface area contributed by atoms with Crippen LogP contribution in [-0.2, 0) is 4.79 Å². The number of piperidine rings is 3. The summed E-state index contributed by atoms with van der Waals surface area (Å²) in [7, 11) is 0. The van der Waals surface area contributed by atoms with Crippen LogP contribution < -0.4 is 5.32 Å². The minimum Gasteiger partial charge on any atom is -0.349 e. The summed E-state index contributed by atoms with van der Waals surface area (Å²) in [5.41, 5.74) is 2.24. The first-order valence-electron chi connectivity index (χ1n) is 7.31. The van der Waals surface area contributed by atoms with Crippen molar-refractivity contribution in [3.8, 4) is 0 Å². The van der Waals surface area contributed by atoms with Gasteiger partial charge in [-0.3, -0.25) is 4.79 Å². The molecule has 3 fully saturated rings. The Kier molecular flexibility index (Phi) is 3.11. The van der Waals surface area contributed by atoms with Crippen LogP contribution in [0, 0.1) is 5.92 Å². The van der Waals surface area contributed by atoms with Gasteiger partial charge in [-0.15, -0.1) is 11.8 Å². The van der Waals surface area contributed by atoms with Gasteiger partial charge in [-0.2, -0.15) is 0 Å². The monoisotopic (exact) mass is 289 g/mol. The first kappa shape index (κ1) is 12.5. The van der Waals surface area contributed by atoms with Crippen LogP contribution in [0.2, 0.25) is 0 Å². The molecule has 0 spiro atoms. The van der Waals surface area contributed by atoms with Crippen molar-refractivity contribution in [1.82, 2.24) is 15.1 Å². The van der Waals surface area contributed by atoms with Gasteiger partial charge < -0.3 is 15.1 Å². The largest absolute Gasteiger partial charge is 0.349 e. The zero-order chi connectivity index (χ0) is 13.5. The number of fused-ring (bicyclic) bond motifs is 4. The minimum absolute atomic E-state index is 0.631. The highest BCUT2D eigenvalue weighted by Gasteiger charge is 2.37. The molecule has 1 N–H and O–H groups in total. The Balaban J connectivity index is 1.56. The zero-order valence-electron chi connectivity index (χ0n) is 11.4. The second-order valence-corrected chi connectivity index (χ2v) is 6.92. The van der Waals surface area contributed by atoms with Crippen LogP contribution in [0.25, 0.3) is 0 Å². The highest BCUT2D eigenvalue weighted by Crippen LogP contribution is 2.40. The summed E-state index contributed by atoms with van der Waals surface area (Å²) in [5.74, 6) is 1.71. The van der Waals surface area contributed by atoms with Gasteiger partial charge in [-0.05, 0) is 37.9 Å². The number of carbonyl (C=O) groups is 1. The summed E-state index contributed by atoms with van der Waals surface area (Å²) in [5, 5.41) is 2.82. The molecule has 0 aromatic rings. The van der Waals surface area contributed by atoms with E-state index >= 15 is 0 Å². The van der Waals surface area contributed by atoms with Gasteiger partial charge in [0.25, 0.3) is 0 Å². The van der Waals surface area contributed by atoms with E-state index in [2.05, 4.69) is 33.6 Å². The number of allylic oxidation sites excluding steroid dienone is 2. The Labute approximate surface area is 123 Å². The highest BCUT2D eigenvalue weighted by atomic mass is 32.2. The molecule has 0 aliphatic carbocycles. The van der Waals surface area contributed by atoms with E-state index in [1.807, 2.05) is 11.8 Å². The number of hydrogen-bond donors (Lipinski definition) is 1. The Bertz CT molecular complexity index is 517. The molecule has 20 heavy (non-hydrogen) atoms. The lowest BCUT2D eigenvalue weighted by atomic mass is 9.83. The van der Waals surface area contributed by atoms with Gasteiger partial charge in [0.2, 0.25) is 6.41 Å². The van der Waals surface area contributed by atoms with Crippen molar-refractivity contribution in [2.45, 2.75) is 18.9 Å². The SMILES string of the molecule is O=CNC1=C2C=CN([C@H]3CN4CCC3CC4)C=C2SC1. The molecule has 0 unspecified atom stereocenters. The molecule has 0 radical (unpaired) electrons. The molecule has 5 rings (SSSR count). The normalized spacial score (nSPS) is 35.1. The van der Waals surface area contributed by atoms with E-state index in [9.17, 15) is 4.79 Å². The fourth-order valence-electron chi connectivity index (χ4n) is 3.75. The summed E-state index contributed by atoms with van der Waals surface area (Å²) in [6.07, 6.45) is 10.1. The van der Waals surface area contributed by atoms with Crippen LogP contribution in [0.3, 0.4) is 0 Å². The number of thioether (sulfide) groups is 1. The average Bonchev–Trinajstić information content (AvgIpc) is 2.91. The topological polar surface area (TPSA) is 35.6 Å². The maximum absolute atomic E-state index is 10.6. The van der Waals surface area contributed by atoms with Crippen molar-refractivity contribution in [3.63, 3.8) is 0 Å². The molecule has 5 aliphatic rings. The zero-order valence-corrected chi connectivity index (χ0v) is 12.2. The Hall–Kier alpha value is -1.20. The number of carbonyl (C=O) groups excluding carboxylic acids is 1. The maximum Gasteiger partial charge on any atom is 0.211 e. The summed E-state index contributed by atoms with van der Waals surface area (Å²) < 4.78 is 0. The molecule has 3 saturated heterocycles. The average molecular weight is 289 g/mol. The molecular formula is C15H19N3OS. The van der Waals surface area contributed by atoms with E-state index in [1.165, 1.54) is 43.0 Å².